The summed E-state index contributed by atoms with van der Waals surface area (Å²) >= 11 is 0. The summed E-state index contributed by atoms with van der Waals surface area (Å²) in [4.78, 5) is 24.3. The van der Waals surface area contributed by atoms with E-state index in [0.29, 0.717) is 12.8 Å². The standard InChI is InChI=1S/C14H18N2O3/c1-9(18)15-12(8-17)10-3-5-13-11(7-10)4-6-14(19)16(13)2/h3,5,7,12,17H,4,6,8H2,1-2H3,(H,15,18). The van der Waals surface area contributed by atoms with Crippen LogP contribution in [0.4, 0.5) is 5.69 Å². The highest BCUT2D eigenvalue weighted by Crippen LogP contribution is 2.29. The molecule has 2 amide bonds. The minimum absolute atomic E-state index is 0.112. The fraction of sp³-hybridized carbons (Fsp3) is 0.429. The van der Waals surface area contributed by atoms with Gasteiger partial charge in [0, 0.05) is 26.1 Å². The molecule has 102 valence electrons. The van der Waals surface area contributed by atoms with Gasteiger partial charge < -0.3 is 15.3 Å². The van der Waals surface area contributed by atoms with E-state index in [9.17, 15) is 14.7 Å². The van der Waals surface area contributed by atoms with Gasteiger partial charge in [0.25, 0.3) is 0 Å². The summed E-state index contributed by atoms with van der Waals surface area (Å²) < 4.78 is 0. The summed E-state index contributed by atoms with van der Waals surface area (Å²) in [6.07, 6.45) is 1.20. The molecule has 0 aliphatic carbocycles. The lowest BCUT2D eigenvalue weighted by Gasteiger charge is -2.27. The monoisotopic (exact) mass is 262 g/mol. The molecule has 0 spiro atoms. The summed E-state index contributed by atoms with van der Waals surface area (Å²) in [6, 6.07) is 5.26. The predicted molar refractivity (Wildman–Crippen MR) is 71.8 cm³/mol. The number of nitrogens with one attached hydrogen (secondary N) is 1. The zero-order valence-corrected chi connectivity index (χ0v) is 11.1. The fourth-order valence-corrected chi connectivity index (χ4v) is 2.37. The van der Waals surface area contributed by atoms with Gasteiger partial charge in [-0.15, -0.1) is 0 Å². The second kappa shape index (κ2) is 5.40. The number of hydrogen-bond donors (Lipinski definition) is 2. The van der Waals surface area contributed by atoms with Gasteiger partial charge in [0.2, 0.25) is 11.8 Å². The molecule has 1 heterocycles. The molecule has 1 atom stereocenters. The first-order valence-electron chi connectivity index (χ1n) is 6.30. The Kier molecular flexibility index (Phi) is 3.85. The molecule has 1 aliphatic heterocycles. The van der Waals surface area contributed by atoms with Gasteiger partial charge in [0.05, 0.1) is 12.6 Å². The number of nitrogens with zero attached hydrogens (tertiary/aromatic N) is 1. The van der Waals surface area contributed by atoms with Crippen LogP contribution in [0.25, 0.3) is 0 Å². The molecule has 0 aromatic heterocycles. The third-order valence-corrected chi connectivity index (χ3v) is 3.41. The van der Waals surface area contributed by atoms with Crippen LogP contribution in [0.15, 0.2) is 18.2 Å². The molecule has 1 aromatic rings. The second-order valence-electron chi connectivity index (χ2n) is 4.78. The van der Waals surface area contributed by atoms with Crippen molar-refractivity contribution in [3.63, 3.8) is 0 Å². The number of rotatable bonds is 3. The SMILES string of the molecule is CC(=O)NC(CO)c1ccc2c(c1)CCC(=O)N2C. The molecular weight excluding hydrogens is 244 g/mol. The Morgan fingerprint density at radius 1 is 1.47 bits per heavy atom. The van der Waals surface area contributed by atoms with Crippen molar-refractivity contribution < 1.29 is 14.7 Å². The van der Waals surface area contributed by atoms with Crippen LogP contribution in [-0.2, 0) is 16.0 Å². The maximum atomic E-state index is 11.6. The highest BCUT2D eigenvalue weighted by Gasteiger charge is 2.22. The Bertz CT molecular complexity index is 513. The van der Waals surface area contributed by atoms with Crippen molar-refractivity contribution in [2.75, 3.05) is 18.6 Å². The number of amides is 2. The van der Waals surface area contributed by atoms with E-state index in [1.165, 1.54) is 6.92 Å². The number of aliphatic hydroxyl groups excluding tert-OH is 1. The summed E-state index contributed by atoms with van der Waals surface area (Å²) in [5, 5.41) is 12.1. The Morgan fingerprint density at radius 3 is 2.84 bits per heavy atom. The zero-order valence-electron chi connectivity index (χ0n) is 11.1. The lowest BCUT2D eigenvalue weighted by Crippen LogP contribution is -2.32. The molecule has 2 rings (SSSR count). The van der Waals surface area contributed by atoms with Gasteiger partial charge in [0.1, 0.15) is 0 Å². The highest BCUT2D eigenvalue weighted by atomic mass is 16.3. The van der Waals surface area contributed by atoms with E-state index in [1.54, 1.807) is 11.9 Å². The number of carbonyl (C=O) groups is 2. The smallest absolute Gasteiger partial charge is 0.227 e. The molecule has 1 aromatic carbocycles. The minimum Gasteiger partial charge on any atom is -0.394 e. The van der Waals surface area contributed by atoms with Crippen molar-refractivity contribution in [1.29, 1.82) is 0 Å². The number of aryl methyl sites for hydroxylation is 1. The quantitative estimate of drug-likeness (QED) is 0.845. The van der Waals surface area contributed by atoms with Crippen LogP contribution in [0, 0.1) is 0 Å². The summed E-state index contributed by atoms with van der Waals surface area (Å²) in [7, 11) is 1.76. The third-order valence-electron chi connectivity index (χ3n) is 3.41. The van der Waals surface area contributed by atoms with Gasteiger partial charge in [-0.25, -0.2) is 0 Å². The van der Waals surface area contributed by atoms with Gasteiger partial charge in [-0.3, -0.25) is 9.59 Å². The molecule has 2 N–H and O–H groups in total. The first kappa shape index (κ1) is 13.5. The highest BCUT2D eigenvalue weighted by molar-refractivity contribution is 5.95. The normalized spacial score (nSPS) is 15.9. The Labute approximate surface area is 112 Å². The molecule has 0 saturated carbocycles. The minimum atomic E-state index is -0.397. The van der Waals surface area contributed by atoms with E-state index >= 15 is 0 Å². The van der Waals surface area contributed by atoms with Crippen LogP contribution in [-0.4, -0.2) is 30.6 Å². The van der Waals surface area contributed by atoms with Crippen molar-refractivity contribution in [2.24, 2.45) is 0 Å². The molecular formula is C14H18N2O3. The third kappa shape index (κ3) is 2.76. The van der Waals surface area contributed by atoms with Gasteiger partial charge in [0.15, 0.2) is 0 Å². The number of benzene rings is 1. The summed E-state index contributed by atoms with van der Waals surface area (Å²) in [6.45, 7) is 1.28. The van der Waals surface area contributed by atoms with Crippen molar-refractivity contribution in [3.05, 3.63) is 29.3 Å². The zero-order chi connectivity index (χ0) is 14.0. The van der Waals surface area contributed by atoms with E-state index in [4.69, 9.17) is 0 Å². The van der Waals surface area contributed by atoms with Gasteiger partial charge >= 0.3 is 0 Å². The van der Waals surface area contributed by atoms with Crippen LogP contribution in [0.1, 0.15) is 30.5 Å². The Morgan fingerprint density at radius 2 is 2.21 bits per heavy atom. The molecule has 0 radical (unpaired) electrons. The van der Waals surface area contributed by atoms with Crippen molar-refractivity contribution in [1.82, 2.24) is 5.32 Å². The molecule has 0 fully saturated rings. The van der Waals surface area contributed by atoms with Crippen LogP contribution in [0.5, 0.6) is 0 Å². The molecule has 19 heavy (non-hydrogen) atoms. The van der Waals surface area contributed by atoms with Crippen LogP contribution in [0.2, 0.25) is 0 Å². The van der Waals surface area contributed by atoms with Crippen molar-refractivity contribution >= 4 is 17.5 Å². The van der Waals surface area contributed by atoms with Crippen LogP contribution < -0.4 is 10.2 Å². The van der Waals surface area contributed by atoms with E-state index in [1.807, 2.05) is 18.2 Å². The largest absolute Gasteiger partial charge is 0.394 e. The van der Waals surface area contributed by atoms with Gasteiger partial charge in [-0.1, -0.05) is 12.1 Å². The maximum absolute atomic E-state index is 11.6. The molecule has 5 heteroatoms. The number of aliphatic hydroxyl groups is 1. The van der Waals surface area contributed by atoms with Crippen LogP contribution >= 0.6 is 0 Å². The predicted octanol–water partition coefficient (Wildman–Crippen LogP) is 0.765. The average molecular weight is 262 g/mol. The topological polar surface area (TPSA) is 69.6 Å². The molecule has 0 bridgehead atoms. The van der Waals surface area contributed by atoms with Crippen LogP contribution in [0.3, 0.4) is 0 Å². The number of anilines is 1. The first-order valence-corrected chi connectivity index (χ1v) is 6.30. The van der Waals surface area contributed by atoms with Crippen molar-refractivity contribution in [3.8, 4) is 0 Å². The van der Waals surface area contributed by atoms with E-state index in [-0.39, 0.29) is 18.4 Å². The lowest BCUT2D eigenvalue weighted by molar-refractivity contribution is -0.120. The molecule has 1 aliphatic rings. The first-order chi connectivity index (χ1) is 9.02. The maximum Gasteiger partial charge on any atom is 0.227 e. The fourth-order valence-electron chi connectivity index (χ4n) is 2.37. The Balaban J connectivity index is 2.30. The molecule has 0 saturated heterocycles. The lowest BCUT2D eigenvalue weighted by atomic mass is 9.96. The number of carbonyl (C=O) groups excluding carboxylic acids is 2. The van der Waals surface area contributed by atoms with E-state index in [2.05, 4.69) is 5.32 Å². The number of fused-ring (bicyclic) bond motifs is 1. The average Bonchev–Trinajstić information content (AvgIpc) is 2.40. The summed E-state index contributed by atoms with van der Waals surface area (Å²) in [5.41, 5.74) is 2.84. The molecule has 5 nitrogen and oxygen atoms in total. The summed E-state index contributed by atoms with van der Waals surface area (Å²) in [5.74, 6) is -0.0649. The van der Waals surface area contributed by atoms with Gasteiger partial charge in [-0.05, 0) is 23.6 Å². The second-order valence-corrected chi connectivity index (χ2v) is 4.78. The van der Waals surface area contributed by atoms with E-state index < -0.39 is 6.04 Å². The van der Waals surface area contributed by atoms with Crippen molar-refractivity contribution in [2.45, 2.75) is 25.8 Å². The number of hydrogen-bond acceptors (Lipinski definition) is 3. The van der Waals surface area contributed by atoms with E-state index in [0.717, 1.165) is 16.8 Å². The van der Waals surface area contributed by atoms with Gasteiger partial charge in [-0.2, -0.15) is 0 Å². The molecule has 1 unspecified atom stereocenters. The Hall–Kier alpha value is -1.88.